The van der Waals surface area contributed by atoms with Gasteiger partial charge in [-0.15, -0.1) is 5.11 Å². The number of hydrogen-bond donors (Lipinski definition) is 0. The predicted molar refractivity (Wildman–Crippen MR) is 97.7 cm³/mol. The maximum absolute atomic E-state index is 4.38. The topological polar surface area (TPSA) is 31.2 Å². The second-order valence-electron chi connectivity index (χ2n) is 5.45. The minimum atomic E-state index is 0.909. The quantitative estimate of drug-likeness (QED) is 0.723. The Morgan fingerprint density at radius 1 is 1.09 bits per heavy atom. The molecule has 0 unspecified atom stereocenters. The average Bonchev–Trinajstić information content (AvgIpc) is 2.61. The summed E-state index contributed by atoms with van der Waals surface area (Å²) in [5, 5.41) is 11.6. The molecule has 3 rings (SSSR count). The molecule has 1 aliphatic carbocycles. The number of nitrogens with zero attached hydrogens (tertiary/aromatic N) is 4. The summed E-state index contributed by atoms with van der Waals surface area (Å²) in [5.74, 6) is 0. The Kier molecular flexibility index (Phi) is 4.98. The standard InChI is InChI=1S/C18H20N4S/c1-21-12-13-23-18(14-21)20-19-15-8-10-17(11-9-15)22(2)16-6-4-3-5-7-16/h3-8,10,12-14H,9,11H2,1-2H3/b20-19+. The van der Waals surface area contributed by atoms with E-state index in [2.05, 4.69) is 58.6 Å². The van der Waals surface area contributed by atoms with Gasteiger partial charge in [0.15, 0.2) is 0 Å². The maximum Gasteiger partial charge on any atom is 0.139 e. The van der Waals surface area contributed by atoms with Gasteiger partial charge in [0.1, 0.15) is 5.03 Å². The lowest BCUT2D eigenvalue weighted by Crippen LogP contribution is -2.17. The van der Waals surface area contributed by atoms with Crippen LogP contribution in [0.5, 0.6) is 0 Å². The summed E-state index contributed by atoms with van der Waals surface area (Å²) in [4.78, 5) is 4.20. The number of benzene rings is 1. The summed E-state index contributed by atoms with van der Waals surface area (Å²) in [7, 11) is 4.09. The summed E-state index contributed by atoms with van der Waals surface area (Å²) in [6.45, 7) is 0. The lowest BCUT2D eigenvalue weighted by Gasteiger charge is -2.24. The van der Waals surface area contributed by atoms with Gasteiger partial charge >= 0.3 is 0 Å². The van der Waals surface area contributed by atoms with Crippen molar-refractivity contribution < 1.29 is 0 Å². The molecule has 0 amide bonds. The molecule has 2 aliphatic rings. The van der Waals surface area contributed by atoms with Gasteiger partial charge in [0.2, 0.25) is 0 Å². The van der Waals surface area contributed by atoms with Crippen LogP contribution in [0.1, 0.15) is 12.8 Å². The summed E-state index contributed by atoms with van der Waals surface area (Å²) < 4.78 is 0. The number of anilines is 1. The molecule has 0 radical (unpaired) electrons. The Balaban J connectivity index is 1.66. The molecule has 0 atom stereocenters. The highest BCUT2D eigenvalue weighted by Crippen LogP contribution is 2.28. The van der Waals surface area contributed by atoms with Crippen LogP contribution >= 0.6 is 11.8 Å². The highest BCUT2D eigenvalue weighted by Gasteiger charge is 2.11. The van der Waals surface area contributed by atoms with Crippen molar-refractivity contribution >= 4 is 17.4 Å². The van der Waals surface area contributed by atoms with Gasteiger partial charge in [0, 0.05) is 37.9 Å². The lowest BCUT2D eigenvalue weighted by molar-refractivity contribution is 0.621. The summed E-state index contributed by atoms with van der Waals surface area (Å²) in [6, 6.07) is 10.4. The molecule has 4 nitrogen and oxygen atoms in total. The van der Waals surface area contributed by atoms with E-state index in [1.54, 1.807) is 11.8 Å². The van der Waals surface area contributed by atoms with E-state index in [0.29, 0.717) is 0 Å². The van der Waals surface area contributed by atoms with Crippen molar-refractivity contribution in [3.63, 3.8) is 0 Å². The third kappa shape index (κ3) is 4.13. The van der Waals surface area contributed by atoms with Crippen molar-refractivity contribution in [1.29, 1.82) is 0 Å². The van der Waals surface area contributed by atoms with Crippen LogP contribution in [0.3, 0.4) is 0 Å². The fourth-order valence-corrected chi connectivity index (χ4v) is 3.11. The van der Waals surface area contributed by atoms with Gasteiger partial charge in [-0.25, -0.2) is 0 Å². The minimum Gasteiger partial charge on any atom is -0.354 e. The maximum atomic E-state index is 4.38. The lowest BCUT2D eigenvalue weighted by atomic mass is 10.1. The van der Waals surface area contributed by atoms with Gasteiger partial charge in [-0.2, -0.15) is 5.11 Å². The molecule has 1 aliphatic heterocycles. The Hall–Kier alpha value is -2.27. The largest absolute Gasteiger partial charge is 0.354 e. The van der Waals surface area contributed by atoms with Crippen LogP contribution < -0.4 is 4.90 Å². The third-order valence-corrected chi connectivity index (χ3v) is 4.44. The molecule has 1 heterocycles. The van der Waals surface area contributed by atoms with Gasteiger partial charge in [0.05, 0.1) is 5.70 Å². The van der Waals surface area contributed by atoms with E-state index in [-0.39, 0.29) is 0 Å². The van der Waals surface area contributed by atoms with Gasteiger partial charge in [0.25, 0.3) is 0 Å². The molecular weight excluding hydrogens is 304 g/mol. The van der Waals surface area contributed by atoms with Gasteiger partial charge in [-0.3, -0.25) is 0 Å². The molecule has 0 spiro atoms. The van der Waals surface area contributed by atoms with Gasteiger partial charge in [-0.1, -0.05) is 30.0 Å². The first-order valence-corrected chi connectivity index (χ1v) is 8.48. The first-order chi connectivity index (χ1) is 11.2. The van der Waals surface area contributed by atoms with Crippen LogP contribution in [0.2, 0.25) is 0 Å². The second-order valence-corrected chi connectivity index (χ2v) is 6.37. The van der Waals surface area contributed by atoms with E-state index in [4.69, 9.17) is 0 Å². The van der Waals surface area contributed by atoms with E-state index in [1.165, 1.54) is 11.4 Å². The minimum absolute atomic E-state index is 0.909. The fraction of sp³-hybridized carbons (Fsp3) is 0.222. The van der Waals surface area contributed by atoms with E-state index in [1.807, 2.05) is 35.8 Å². The first kappa shape index (κ1) is 15.6. The molecule has 23 heavy (non-hydrogen) atoms. The molecule has 0 saturated carbocycles. The monoisotopic (exact) mass is 324 g/mol. The van der Waals surface area contributed by atoms with Crippen molar-refractivity contribution in [2.45, 2.75) is 12.8 Å². The normalized spacial score (nSPS) is 17.8. The summed E-state index contributed by atoms with van der Waals surface area (Å²) in [5.41, 5.74) is 3.52. The zero-order valence-corrected chi connectivity index (χ0v) is 14.2. The molecular formula is C18H20N4S. The predicted octanol–water partition coefficient (Wildman–Crippen LogP) is 5.09. The van der Waals surface area contributed by atoms with Gasteiger partial charge in [-0.05, 0) is 42.5 Å². The first-order valence-electron chi connectivity index (χ1n) is 7.60. The molecule has 0 saturated heterocycles. The summed E-state index contributed by atoms with van der Waals surface area (Å²) in [6.07, 6.45) is 10.1. The molecule has 118 valence electrons. The van der Waals surface area contributed by atoms with Crippen molar-refractivity contribution in [3.8, 4) is 0 Å². The Morgan fingerprint density at radius 3 is 2.61 bits per heavy atom. The second kappa shape index (κ2) is 7.33. The Labute approximate surface area is 141 Å². The number of para-hydroxylation sites is 1. The van der Waals surface area contributed by atoms with Crippen molar-refractivity contribution in [2.75, 3.05) is 19.0 Å². The molecule has 0 aromatic heterocycles. The Morgan fingerprint density at radius 2 is 1.91 bits per heavy atom. The van der Waals surface area contributed by atoms with E-state index in [9.17, 15) is 0 Å². The SMILES string of the molecule is CN1C=CSC(/N=N/C2=CC=C(N(C)c3ccccc3)CC2)=C1. The molecule has 1 aromatic carbocycles. The van der Waals surface area contributed by atoms with Crippen molar-refractivity contribution in [2.24, 2.45) is 10.2 Å². The molecule has 0 N–H and O–H groups in total. The number of thioether (sulfide) groups is 1. The average molecular weight is 324 g/mol. The zero-order valence-electron chi connectivity index (χ0n) is 13.4. The van der Waals surface area contributed by atoms with E-state index < -0.39 is 0 Å². The molecule has 0 bridgehead atoms. The zero-order chi connectivity index (χ0) is 16.1. The van der Waals surface area contributed by atoms with Crippen molar-refractivity contribution in [1.82, 2.24) is 4.90 Å². The number of hydrogen-bond acceptors (Lipinski definition) is 5. The molecule has 0 fully saturated rings. The molecule has 1 aromatic rings. The van der Waals surface area contributed by atoms with Crippen molar-refractivity contribution in [3.05, 3.63) is 76.7 Å². The highest BCUT2D eigenvalue weighted by molar-refractivity contribution is 8.05. The van der Waals surface area contributed by atoms with Crippen LogP contribution in [-0.2, 0) is 0 Å². The smallest absolute Gasteiger partial charge is 0.139 e. The van der Waals surface area contributed by atoms with Crippen LogP contribution in [0.4, 0.5) is 5.69 Å². The number of allylic oxidation sites excluding steroid dienone is 4. The van der Waals surface area contributed by atoms with E-state index >= 15 is 0 Å². The van der Waals surface area contributed by atoms with Crippen LogP contribution in [-0.4, -0.2) is 19.0 Å². The van der Waals surface area contributed by atoms with Crippen LogP contribution in [0, 0.1) is 0 Å². The number of rotatable bonds is 4. The van der Waals surface area contributed by atoms with E-state index in [0.717, 1.165) is 23.6 Å². The number of azo groups is 1. The van der Waals surface area contributed by atoms with Crippen LogP contribution in [0.15, 0.2) is 86.9 Å². The fourth-order valence-electron chi connectivity index (χ4n) is 2.40. The summed E-state index contributed by atoms with van der Waals surface area (Å²) >= 11 is 1.59. The molecule has 5 heteroatoms. The highest BCUT2D eigenvalue weighted by atomic mass is 32.2. The van der Waals surface area contributed by atoms with Gasteiger partial charge < -0.3 is 9.80 Å². The van der Waals surface area contributed by atoms with Crippen LogP contribution in [0.25, 0.3) is 0 Å². The Bertz CT molecular complexity index is 701. The third-order valence-electron chi connectivity index (χ3n) is 3.76.